The van der Waals surface area contributed by atoms with Crippen molar-refractivity contribution < 1.29 is 28.7 Å². The van der Waals surface area contributed by atoms with E-state index in [1.165, 1.54) is 31.4 Å². The topological polar surface area (TPSA) is 105 Å². The first-order valence-electron chi connectivity index (χ1n) is 7.10. The van der Waals surface area contributed by atoms with Gasteiger partial charge in [0.15, 0.2) is 0 Å². The van der Waals surface area contributed by atoms with Crippen molar-refractivity contribution in [2.24, 2.45) is 0 Å². The minimum Gasteiger partial charge on any atom is -0.497 e. The Morgan fingerprint density at radius 1 is 1.16 bits per heavy atom. The van der Waals surface area contributed by atoms with Crippen molar-refractivity contribution in [1.29, 1.82) is 0 Å². The first-order chi connectivity index (χ1) is 12.0. The van der Waals surface area contributed by atoms with Gasteiger partial charge in [-0.1, -0.05) is 30.3 Å². The summed E-state index contributed by atoms with van der Waals surface area (Å²) in [5, 5.41) is 11.5. The lowest BCUT2D eigenvalue weighted by Gasteiger charge is -2.20. The van der Waals surface area contributed by atoms with Gasteiger partial charge in [0.1, 0.15) is 12.4 Å². The average Bonchev–Trinajstić information content (AvgIpc) is 2.65. The number of hydrogen-bond acceptors (Lipinski definition) is 7. The number of nitro groups is 1. The van der Waals surface area contributed by atoms with E-state index in [0.29, 0.717) is 11.3 Å². The van der Waals surface area contributed by atoms with E-state index in [-0.39, 0.29) is 12.2 Å². The number of nitrogens with zero attached hydrogens (tertiary/aromatic N) is 1. The molecule has 0 aliphatic carbocycles. The quantitative estimate of drug-likeness (QED) is 0.312. The maximum absolute atomic E-state index is 12.4. The van der Waals surface area contributed by atoms with E-state index in [0.717, 1.165) is 6.47 Å². The van der Waals surface area contributed by atoms with Crippen molar-refractivity contribution in [1.82, 2.24) is 0 Å². The summed E-state index contributed by atoms with van der Waals surface area (Å²) in [6.45, 7) is 0.731. The van der Waals surface area contributed by atoms with Crippen molar-refractivity contribution in [2.45, 2.75) is 12.3 Å². The summed E-state index contributed by atoms with van der Waals surface area (Å²) in [4.78, 5) is 33.6. The molecule has 2 rings (SSSR count). The summed E-state index contributed by atoms with van der Waals surface area (Å²) in [6, 6.07) is 13.7. The van der Waals surface area contributed by atoms with Crippen LogP contribution in [0, 0.1) is 10.1 Å². The fraction of sp³-hybridized carbons (Fsp3) is 0.176. The van der Waals surface area contributed by atoms with Crippen LogP contribution >= 0.6 is 0 Å². The van der Waals surface area contributed by atoms with E-state index in [9.17, 15) is 19.7 Å². The van der Waals surface area contributed by atoms with Gasteiger partial charge >= 0.3 is 18.2 Å². The molecule has 0 aliphatic rings. The van der Waals surface area contributed by atoms with Gasteiger partial charge in [0.25, 0.3) is 0 Å². The lowest BCUT2D eigenvalue weighted by Crippen LogP contribution is -2.47. The molecular formula is C17H14NO7. The van der Waals surface area contributed by atoms with Crippen LogP contribution in [0.15, 0.2) is 54.6 Å². The number of carbonyl (C=O) groups is 1. The highest BCUT2D eigenvalue weighted by atomic mass is 16.7. The van der Waals surface area contributed by atoms with Crippen molar-refractivity contribution in [2.75, 3.05) is 7.11 Å². The molecule has 0 aliphatic heterocycles. The second-order valence-corrected chi connectivity index (χ2v) is 4.88. The third kappa shape index (κ3) is 3.74. The molecule has 8 heteroatoms. The van der Waals surface area contributed by atoms with Crippen molar-refractivity contribution in [3.63, 3.8) is 0 Å². The van der Waals surface area contributed by atoms with Gasteiger partial charge in [0.05, 0.1) is 17.6 Å². The number of esters is 1. The first kappa shape index (κ1) is 17.9. The molecule has 0 heterocycles. The van der Waals surface area contributed by atoms with Crippen molar-refractivity contribution >= 4 is 12.4 Å². The van der Waals surface area contributed by atoms with Crippen LogP contribution in [0.2, 0.25) is 0 Å². The fourth-order valence-corrected chi connectivity index (χ4v) is 2.13. The first-order valence-corrected chi connectivity index (χ1v) is 7.10. The number of hydrogen-bond donors (Lipinski definition) is 0. The molecule has 25 heavy (non-hydrogen) atoms. The van der Waals surface area contributed by atoms with Gasteiger partial charge in [0.2, 0.25) is 0 Å². The summed E-state index contributed by atoms with van der Waals surface area (Å²) >= 11 is 0. The van der Waals surface area contributed by atoms with Crippen LogP contribution in [0.4, 0.5) is 0 Å². The van der Waals surface area contributed by atoms with Crippen LogP contribution in [0.5, 0.6) is 5.75 Å². The van der Waals surface area contributed by atoms with Crippen LogP contribution in [-0.2, 0) is 31.4 Å². The van der Waals surface area contributed by atoms with Gasteiger partial charge < -0.3 is 14.2 Å². The van der Waals surface area contributed by atoms with Crippen LogP contribution in [0.25, 0.3) is 0 Å². The van der Waals surface area contributed by atoms with E-state index in [4.69, 9.17) is 9.47 Å². The van der Waals surface area contributed by atoms with E-state index >= 15 is 0 Å². The third-order valence-electron chi connectivity index (χ3n) is 3.42. The normalized spacial score (nSPS) is 12.5. The molecule has 0 saturated carbocycles. The molecule has 129 valence electrons. The van der Waals surface area contributed by atoms with Crippen LogP contribution in [0.3, 0.4) is 0 Å². The minimum absolute atomic E-state index is 0.150. The van der Waals surface area contributed by atoms with E-state index in [2.05, 4.69) is 4.74 Å². The Balaban J connectivity index is 2.25. The Morgan fingerprint density at radius 2 is 1.80 bits per heavy atom. The molecule has 1 radical (unpaired) electrons. The Bertz CT molecular complexity index is 745. The van der Waals surface area contributed by atoms with Crippen LogP contribution in [0.1, 0.15) is 11.1 Å². The van der Waals surface area contributed by atoms with E-state index in [1.807, 2.05) is 0 Å². The number of carbonyl (C=O) groups excluding carboxylic acids is 2. The molecule has 0 spiro atoms. The molecule has 1 atom stereocenters. The molecule has 0 N–H and O–H groups in total. The average molecular weight is 344 g/mol. The largest absolute Gasteiger partial charge is 0.497 e. The predicted molar refractivity (Wildman–Crippen MR) is 84.7 cm³/mol. The van der Waals surface area contributed by atoms with Gasteiger partial charge in [-0.2, -0.15) is 0 Å². The predicted octanol–water partition coefficient (Wildman–Crippen LogP) is 1.95. The van der Waals surface area contributed by atoms with Crippen LogP contribution < -0.4 is 4.74 Å². The SMILES string of the molecule is COc1ccc(COC(=O)C(O[C]=O)(c2ccccc2)[N+](=O)[O-])cc1. The summed E-state index contributed by atoms with van der Waals surface area (Å²) in [5.74, 6) is -0.722. The van der Waals surface area contributed by atoms with Gasteiger partial charge in [-0.05, 0) is 29.8 Å². The molecule has 2 aromatic rings. The van der Waals surface area contributed by atoms with Crippen molar-refractivity contribution in [3.05, 3.63) is 75.8 Å². The van der Waals surface area contributed by atoms with Crippen LogP contribution in [-0.4, -0.2) is 24.5 Å². The molecule has 8 nitrogen and oxygen atoms in total. The number of methoxy groups -OCH3 is 1. The molecule has 0 amide bonds. The molecule has 0 bridgehead atoms. The smallest absolute Gasteiger partial charge is 0.490 e. The summed E-state index contributed by atoms with van der Waals surface area (Å²) < 4.78 is 14.5. The van der Waals surface area contributed by atoms with E-state index < -0.39 is 16.6 Å². The minimum atomic E-state index is -2.81. The molecule has 2 aromatic carbocycles. The summed E-state index contributed by atoms with van der Waals surface area (Å²) in [6.07, 6.45) is 0. The Labute approximate surface area is 143 Å². The molecule has 0 saturated heterocycles. The van der Waals surface area contributed by atoms with E-state index in [1.54, 1.807) is 30.3 Å². The zero-order valence-corrected chi connectivity index (χ0v) is 13.2. The Morgan fingerprint density at radius 3 is 2.32 bits per heavy atom. The van der Waals surface area contributed by atoms with Gasteiger partial charge in [-0.15, -0.1) is 0 Å². The fourth-order valence-electron chi connectivity index (χ4n) is 2.13. The number of rotatable bonds is 8. The highest BCUT2D eigenvalue weighted by Crippen LogP contribution is 2.28. The highest BCUT2D eigenvalue weighted by molar-refractivity contribution is 5.80. The maximum atomic E-state index is 12.4. The highest BCUT2D eigenvalue weighted by Gasteiger charge is 2.58. The van der Waals surface area contributed by atoms with Gasteiger partial charge in [0, 0.05) is 0 Å². The Hall–Kier alpha value is -3.42. The zero-order valence-electron chi connectivity index (χ0n) is 13.2. The zero-order chi connectivity index (χ0) is 18.3. The summed E-state index contributed by atoms with van der Waals surface area (Å²) in [7, 11) is 1.51. The molecular weight excluding hydrogens is 330 g/mol. The lowest BCUT2D eigenvalue weighted by molar-refractivity contribution is -0.612. The van der Waals surface area contributed by atoms with Crippen molar-refractivity contribution in [3.8, 4) is 5.75 Å². The molecule has 1 unspecified atom stereocenters. The molecule has 0 fully saturated rings. The number of benzene rings is 2. The molecule has 0 aromatic heterocycles. The lowest BCUT2D eigenvalue weighted by atomic mass is 10.0. The second-order valence-electron chi connectivity index (χ2n) is 4.88. The van der Waals surface area contributed by atoms with Gasteiger partial charge in [-0.3, -0.25) is 10.1 Å². The second kappa shape index (κ2) is 7.91. The standard InChI is InChI=1S/C17H14NO7/c1-23-15-9-7-13(8-10-15)11-24-16(20)17(18(21)22,25-12-19)14-5-3-2-4-6-14/h2-10H,11H2,1H3. The summed E-state index contributed by atoms with van der Waals surface area (Å²) in [5.41, 5.74) is -2.38. The maximum Gasteiger partial charge on any atom is 0.490 e. The Kier molecular flexibility index (Phi) is 5.67. The number of ether oxygens (including phenoxy) is 3. The van der Waals surface area contributed by atoms with Gasteiger partial charge in [-0.25, -0.2) is 9.59 Å². The monoisotopic (exact) mass is 344 g/mol. The third-order valence-corrected chi connectivity index (χ3v) is 3.42.